The zero-order chi connectivity index (χ0) is 15.4. The Hall–Kier alpha value is -1.61. The van der Waals surface area contributed by atoms with Gasteiger partial charge in [0.2, 0.25) is 0 Å². The third-order valence-corrected chi connectivity index (χ3v) is 6.22. The van der Waals surface area contributed by atoms with Crippen LogP contribution >= 0.6 is 11.3 Å². The van der Waals surface area contributed by atoms with E-state index in [1.54, 1.807) is 0 Å². The van der Waals surface area contributed by atoms with Crippen LogP contribution in [0.25, 0.3) is 10.3 Å². The molecule has 1 fully saturated rings. The van der Waals surface area contributed by atoms with Crippen LogP contribution in [-0.4, -0.2) is 35.2 Å². The Morgan fingerprint density at radius 2 is 2.14 bits per heavy atom. The lowest BCUT2D eigenvalue weighted by Crippen LogP contribution is -2.12. The van der Waals surface area contributed by atoms with Crippen LogP contribution in [0, 0.1) is 0 Å². The molecule has 0 aliphatic heterocycles. The summed E-state index contributed by atoms with van der Waals surface area (Å²) in [6.45, 7) is 1.42. The van der Waals surface area contributed by atoms with Crippen molar-refractivity contribution in [1.82, 2.24) is 9.97 Å². The van der Waals surface area contributed by atoms with Crippen molar-refractivity contribution in [2.45, 2.75) is 30.3 Å². The molecule has 9 heteroatoms. The molecule has 0 radical (unpaired) electrons. The molecular weight excluding hydrogens is 319 g/mol. The molecule has 0 atom stereocenters. The van der Waals surface area contributed by atoms with Gasteiger partial charge in [-0.2, -0.15) is 0 Å². The zero-order valence-electron chi connectivity index (χ0n) is 11.0. The maximum absolute atomic E-state index is 14.0. The number of hydrogen-bond donors (Lipinski definition) is 1. The molecule has 0 amide bonds. The lowest BCUT2D eigenvalue weighted by Gasteiger charge is -2.04. The topological polar surface area (TPSA) is 97.2 Å². The molecule has 0 aromatic carbocycles. The smallest absolute Gasteiger partial charge is 0.355 e. The van der Waals surface area contributed by atoms with Crippen molar-refractivity contribution < 1.29 is 22.7 Å². The Kier molecular flexibility index (Phi) is 3.03. The molecule has 0 saturated heterocycles. The van der Waals surface area contributed by atoms with Crippen molar-refractivity contribution in [3.05, 3.63) is 16.8 Å². The largest absolute Gasteiger partial charge is 0.476 e. The Balaban J connectivity index is 2.27. The SMILES string of the molecule is CCS(=O)(=O)c1cc2nc(C3(F)CC3)sc2nc1C(=O)O. The van der Waals surface area contributed by atoms with E-state index in [4.69, 9.17) is 5.11 Å². The van der Waals surface area contributed by atoms with Crippen LogP contribution in [0.5, 0.6) is 0 Å². The van der Waals surface area contributed by atoms with E-state index in [9.17, 15) is 17.6 Å². The number of halogens is 1. The second-order valence-electron chi connectivity index (χ2n) is 4.85. The molecule has 2 aromatic rings. The highest BCUT2D eigenvalue weighted by Crippen LogP contribution is 2.51. The summed E-state index contributed by atoms with van der Waals surface area (Å²) in [6.07, 6.45) is 0.747. The summed E-state index contributed by atoms with van der Waals surface area (Å²) in [5.41, 5.74) is -1.78. The summed E-state index contributed by atoms with van der Waals surface area (Å²) >= 11 is 0.970. The molecule has 0 bridgehead atoms. The summed E-state index contributed by atoms with van der Waals surface area (Å²) in [7, 11) is -3.75. The van der Waals surface area contributed by atoms with Crippen LogP contribution in [0.2, 0.25) is 0 Å². The van der Waals surface area contributed by atoms with E-state index in [1.165, 1.54) is 13.0 Å². The van der Waals surface area contributed by atoms with Crippen molar-refractivity contribution in [2.24, 2.45) is 0 Å². The Morgan fingerprint density at radius 3 is 2.67 bits per heavy atom. The molecule has 2 aromatic heterocycles. The Bertz CT molecular complexity index is 856. The van der Waals surface area contributed by atoms with Gasteiger partial charge in [-0.1, -0.05) is 18.3 Å². The second-order valence-corrected chi connectivity index (χ2v) is 8.08. The summed E-state index contributed by atoms with van der Waals surface area (Å²) in [5, 5.41) is 9.38. The number of hydrogen-bond acceptors (Lipinski definition) is 6. The number of carboxylic acid groups (broad SMARTS) is 1. The molecule has 112 valence electrons. The number of alkyl halides is 1. The molecule has 6 nitrogen and oxygen atoms in total. The van der Waals surface area contributed by atoms with Gasteiger partial charge in [0.15, 0.2) is 21.2 Å². The van der Waals surface area contributed by atoms with E-state index in [0.29, 0.717) is 12.8 Å². The zero-order valence-corrected chi connectivity index (χ0v) is 12.6. The van der Waals surface area contributed by atoms with Gasteiger partial charge >= 0.3 is 5.97 Å². The molecule has 0 unspecified atom stereocenters. The fraction of sp³-hybridized carbons (Fsp3) is 0.417. The van der Waals surface area contributed by atoms with E-state index in [-0.39, 0.29) is 26.0 Å². The van der Waals surface area contributed by atoms with Gasteiger partial charge in [0.1, 0.15) is 20.3 Å². The quantitative estimate of drug-likeness (QED) is 0.922. The molecule has 1 saturated carbocycles. The van der Waals surface area contributed by atoms with E-state index in [2.05, 4.69) is 9.97 Å². The number of aromatic nitrogens is 2. The highest BCUT2D eigenvalue weighted by molar-refractivity contribution is 7.91. The van der Waals surface area contributed by atoms with Crippen LogP contribution in [0.3, 0.4) is 0 Å². The first-order valence-corrected chi connectivity index (χ1v) is 8.71. The molecule has 1 N–H and O–H groups in total. The highest BCUT2D eigenvalue weighted by Gasteiger charge is 2.48. The molecule has 21 heavy (non-hydrogen) atoms. The normalized spacial score (nSPS) is 17.0. The van der Waals surface area contributed by atoms with Gasteiger partial charge in [-0.25, -0.2) is 27.6 Å². The molecular formula is C12H11FN2O4S2. The number of aromatic carboxylic acids is 1. The van der Waals surface area contributed by atoms with Crippen LogP contribution in [-0.2, 0) is 15.5 Å². The standard InChI is InChI=1S/C12H11FN2O4S2/c1-2-21(18,19)7-5-6-9(15-8(7)10(16)17)20-11(14-6)12(13)3-4-12/h5H,2-4H2,1H3,(H,16,17). The number of fused-ring (bicyclic) bond motifs is 1. The first kappa shape index (κ1) is 14.3. The number of sulfone groups is 1. The third-order valence-electron chi connectivity index (χ3n) is 3.34. The second kappa shape index (κ2) is 4.44. The van der Waals surface area contributed by atoms with Gasteiger partial charge in [-0.05, 0) is 18.9 Å². The number of carbonyl (C=O) groups is 1. The lowest BCUT2D eigenvalue weighted by molar-refractivity contribution is 0.0686. The average molecular weight is 330 g/mol. The van der Waals surface area contributed by atoms with Crippen LogP contribution in [0.15, 0.2) is 11.0 Å². The first-order valence-electron chi connectivity index (χ1n) is 6.24. The van der Waals surface area contributed by atoms with Crippen molar-refractivity contribution in [3.63, 3.8) is 0 Å². The van der Waals surface area contributed by atoms with Gasteiger partial charge < -0.3 is 5.11 Å². The predicted octanol–water partition coefficient (Wildman–Crippen LogP) is 2.14. The van der Waals surface area contributed by atoms with Crippen molar-refractivity contribution in [1.29, 1.82) is 0 Å². The number of rotatable bonds is 4. The number of carboxylic acids is 1. The lowest BCUT2D eigenvalue weighted by atomic mass is 10.3. The highest BCUT2D eigenvalue weighted by atomic mass is 32.2. The number of nitrogens with zero attached hydrogens (tertiary/aromatic N) is 2. The van der Waals surface area contributed by atoms with Gasteiger partial charge in [0, 0.05) is 0 Å². The molecule has 0 spiro atoms. The maximum atomic E-state index is 14.0. The van der Waals surface area contributed by atoms with E-state index in [1.807, 2.05) is 0 Å². The Morgan fingerprint density at radius 1 is 1.48 bits per heavy atom. The minimum atomic E-state index is -3.75. The van der Waals surface area contributed by atoms with Crippen molar-refractivity contribution >= 4 is 37.5 Å². The minimum absolute atomic E-state index is 0.218. The molecule has 1 aliphatic carbocycles. The molecule has 1 aliphatic rings. The van der Waals surface area contributed by atoms with Gasteiger partial charge in [0.05, 0.1) is 5.75 Å². The third kappa shape index (κ3) is 2.30. The van der Waals surface area contributed by atoms with E-state index >= 15 is 0 Å². The van der Waals surface area contributed by atoms with Gasteiger partial charge in [-0.3, -0.25) is 0 Å². The summed E-state index contributed by atoms with van der Waals surface area (Å²) in [5.74, 6) is -1.68. The minimum Gasteiger partial charge on any atom is -0.476 e. The monoisotopic (exact) mass is 330 g/mol. The van der Waals surface area contributed by atoms with Crippen LogP contribution < -0.4 is 0 Å². The average Bonchev–Trinajstić information content (AvgIpc) is 3.03. The van der Waals surface area contributed by atoms with Crippen LogP contribution in [0.1, 0.15) is 35.3 Å². The van der Waals surface area contributed by atoms with E-state index < -0.39 is 27.2 Å². The van der Waals surface area contributed by atoms with Crippen molar-refractivity contribution in [2.75, 3.05) is 5.75 Å². The van der Waals surface area contributed by atoms with Gasteiger partial charge in [0.25, 0.3) is 0 Å². The predicted molar refractivity (Wildman–Crippen MR) is 74.1 cm³/mol. The summed E-state index contributed by atoms with van der Waals surface area (Å²) in [6, 6.07) is 1.18. The maximum Gasteiger partial charge on any atom is 0.355 e. The summed E-state index contributed by atoms with van der Waals surface area (Å²) in [4.78, 5) is 19.0. The first-order chi connectivity index (χ1) is 9.77. The molecule has 2 heterocycles. The number of thiazole rings is 1. The van der Waals surface area contributed by atoms with E-state index in [0.717, 1.165) is 11.3 Å². The fourth-order valence-corrected chi connectivity index (χ4v) is 4.00. The fourth-order valence-electron chi connectivity index (χ4n) is 1.91. The summed E-state index contributed by atoms with van der Waals surface area (Å²) < 4.78 is 38.0. The van der Waals surface area contributed by atoms with Crippen LogP contribution in [0.4, 0.5) is 4.39 Å². The van der Waals surface area contributed by atoms with Crippen molar-refractivity contribution in [3.8, 4) is 0 Å². The number of pyridine rings is 1. The van der Waals surface area contributed by atoms with Gasteiger partial charge in [-0.15, -0.1) is 0 Å². The molecule has 3 rings (SSSR count). The Labute approximate surface area is 123 Å².